The summed E-state index contributed by atoms with van der Waals surface area (Å²) < 4.78 is 11.5. The molecule has 0 amide bonds. The van der Waals surface area contributed by atoms with Gasteiger partial charge in [0, 0.05) is 37.8 Å². The Balaban J connectivity index is 1.21. The van der Waals surface area contributed by atoms with Crippen molar-refractivity contribution in [3.8, 4) is 17.2 Å². The van der Waals surface area contributed by atoms with E-state index in [1.54, 1.807) is 7.11 Å². The van der Waals surface area contributed by atoms with Crippen LogP contribution in [0.4, 0.5) is 0 Å². The van der Waals surface area contributed by atoms with Gasteiger partial charge in [-0.05, 0) is 76.2 Å². The minimum absolute atomic E-state index is 0.519. The molecule has 198 valence electrons. The van der Waals surface area contributed by atoms with Crippen LogP contribution in [0.5, 0.6) is 5.75 Å². The molecule has 1 aromatic heterocycles. The molecular formula is C29H43ClN4O2. The van der Waals surface area contributed by atoms with Gasteiger partial charge in [0.15, 0.2) is 0 Å². The van der Waals surface area contributed by atoms with E-state index in [0.29, 0.717) is 28.1 Å². The lowest BCUT2D eigenvalue weighted by atomic mass is 9.92. The van der Waals surface area contributed by atoms with E-state index in [9.17, 15) is 0 Å². The van der Waals surface area contributed by atoms with E-state index in [4.69, 9.17) is 25.7 Å². The maximum Gasteiger partial charge on any atom is 0.231 e. The summed E-state index contributed by atoms with van der Waals surface area (Å²) in [7, 11) is 1.63. The lowest BCUT2D eigenvalue weighted by Gasteiger charge is -2.35. The van der Waals surface area contributed by atoms with Gasteiger partial charge in [0.25, 0.3) is 0 Å². The molecule has 1 aromatic carbocycles. The van der Waals surface area contributed by atoms with Crippen LogP contribution in [0.15, 0.2) is 34.9 Å². The summed E-state index contributed by atoms with van der Waals surface area (Å²) in [5, 5.41) is 4.21. The standard InChI is InChI=1S/C29H43ClN4O2/c1-20-16-21(2)18-34(17-20)13-7-12-31-22(3)24-10-14-33(15-11-24)19-26-23(4)36-29(32-26)28-25(30)8-6-9-27(28)35-5/h6,8-9,20-21,24,31H,3,7,10-19H2,1-2,4-5H3/t20-,21+. The number of aromatic nitrogens is 1. The smallest absolute Gasteiger partial charge is 0.231 e. The van der Waals surface area contributed by atoms with Gasteiger partial charge < -0.3 is 19.4 Å². The van der Waals surface area contributed by atoms with Gasteiger partial charge in [-0.3, -0.25) is 4.90 Å². The number of likely N-dealkylation sites (tertiary alicyclic amines) is 2. The molecule has 7 heteroatoms. The van der Waals surface area contributed by atoms with E-state index in [0.717, 1.165) is 62.3 Å². The first-order valence-electron chi connectivity index (χ1n) is 13.5. The van der Waals surface area contributed by atoms with Gasteiger partial charge in [-0.1, -0.05) is 38.1 Å². The average molecular weight is 515 g/mol. The van der Waals surface area contributed by atoms with Crippen molar-refractivity contribution in [1.82, 2.24) is 20.1 Å². The number of benzene rings is 1. The molecule has 0 aliphatic carbocycles. The van der Waals surface area contributed by atoms with Crippen LogP contribution >= 0.6 is 11.6 Å². The highest BCUT2D eigenvalue weighted by molar-refractivity contribution is 6.33. The third-order valence-electron chi connectivity index (χ3n) is 7.70. The monoisotopic (exact) mass is 514 g/mol. The number of nitrogens with zero attached hydrogens (tertiary/aromatic N) is 3. The number of hydrogen-bond donors (Lipinski definition) is 1. The van der Waals surface area contributed by atoms with Crippen LogP contribution < -0.4 is 10.1 Å². The van der Waals surface area contributed by atoms with Gasteiger partial charge in [0.05, 0.1) is 23.4 Å². The molecule has 0 unspecified atom stereocenters. The number of hydrogen-bond acceptors (Lipinski definition) is 6. The summed E-state index contributed by atoms with van der Waals surface area (Å²) in [6.45, 7) is 18.7. The summed E-state index contributed by atoms with van der Waals surface area (Å²) >= 11 is 6.43. The molecule has 1 N–H and O–H groups in total. The van der Waals surface area contributed by atoms with Gasteiger partial charge in [-0.15, -0.1) is 0 Å². The number of aryl methyl sites for hydroxylation is 1. The van der Waals surface area contributed by atoms with E-state index >= 15 is 0 Å². The molecule has 6 nitrogen and oxygen atoms in total. The minimum Gasteiger partial charge on any atom is -0.496 e. The highest BCUT2D eigenvalue weighted by Gasteiger charge is 2.25. The molecule has 0 radical (unpaired) electrons. The molecule has 2 saturated heterocycles. The maximum absolute atomic E-state index is 6.43. The van der Waals surface area contributed by atoms with E-state index in [-0.39, 0.29) is 0 Å². The fourth-order valence-electron chi connectivity index (χ4n) is 5.89. The van der Waals surface area contributed by atoms with Crippen molar-refractivity contribution in [3.63, 3.8) is 0 Å². The first-order chi connectivity index (χ1) is 17.3. The van der Waals surface area contributed by atoms with Crippen LogP contribution in [-0.4, -0.2) is 61.2 Å². The van der Waals surface area contributed by atoms with E-state index in [1.165, 1.54) is 38.2 Å². The van der Waals surface area contributed by atoms with Crippen LogP contribution in [0, 0.1) is 24.7 Å². The zero-order chi connectivity index (χ0) is 25.7. The number of ether oxygens (including phenoxy) is 1. The summed E-state index contributed by atoms with van der Waals surface area (Å²) in [5.41, 5.74) is 2.88. The van der Waals surface area contributed by atoms with Crippen LogP contribution in [-0.2, 0) is 6.54 Å². The lowest BCUT2D eigenvalue weighted by Crippen LogP contribution is -2.40. The van der Waals surface area contributed by atoms with Crippen LogP contribution in [0.2, 0.25) is 5.02 Å². The first-order valence-corrected chi connectivity index (χ1v) is 13.9. The Morgan fingerprint density at radius 2 is 1.92 bits per heavy atom. The molecule has 2 aliphatic heterocycles. The zero-order valence-corrected chi connectivity index (χ0v) is 23.2. The van der Waals surface area contributed by atoms with E-state index in [2.05, 4.69) is 35.5 Å². The van der Waals surface area contributed by atoms with Crippen molar-refractivity contribution in [3.05, 3.63) is 47.0 Å². The topological polar surface area (TPSA) is 53.8 Å². The van der Waals surface area contributed by atoms with Gasteiger partial charge in [0.2, 0.25) is 5.89 Å². The molecule has 0 bridgehead atoms. The number of allylic oxidation sites excluding steroid dienone is 1. The molecule has 0 saturated carbocycles. The predicted molar refractivity (Wildman–Crippen MR) is 147 cm³/mol. The third-order valence-corrected chi connectivity index (χ3v) is 8.02. The lowest BCUT2D eigenvalue weighted by molar-refractivity contribution is 0.139. The predicted octanol–water partition coefficient (Wildman–Crippen LogP) is 6.00. The Morgan fingerprint density at radius 3 is 2.61 bits per heavy atom. The molecule has 2 aromatic rings. The number of piperidine rings is 2. The Bertz CT molecular complexity index is 1000. The van der Waals surface area contributed by atoms with Crippen molar-refractivity contribution in [2.24, 2.45) is 17.8 Å². The van der Waals surface area contributed by atoms with Crippen LogP contribution in [0.1, 0.15) is 51.0 Å². The van der Waals surface area contributed by atoms with Crippen LogP contribution in [0.3, 0.4) is 0 Å². The van der Waals surface area contributed by atoms with Crippen molar-refractivity contribution in [2.75, 3.05) is 46.4 Å². The molecule has 2 aliphatic rings. The van der Waals surface area contributed by atoms with Gasteiger partial charge in [-0.25, -0.2) is 4.98 Å². The summed E-state index contributed by atoms with van der Waals surface area (Å²) in [6.07, 6.45) is 4.79. The normalized spacial score (nSPS) is 22.0. The van der Waals surface area contributed by atoms with Crippen molar-refractivity contribution >= 4 is 11.6 Å². The molecule has 3 heterocycles. The summed E-state index contributed by atoms with van der Waals surface area (Å²) in [6, 6.07) is 5.57. The number of oxazole rings is 1. The molecule has 0 spiro atoms. The zero-order valence-electron chi connectivity index (χ0n) is 22.5. The van der Waals surface area contributed by atoms with E-state index in [1.807, 2.05) is 25.1 Å². The Hall–Kier alpha value is -2.02. The van der Waals surface area contributed by atoms with Crippen molar-refractivity contribution < 1.29 is 9.15 Å². The number of halogens is 1. The fraction of sp³-hybridized carbons (Fsp3) is 0.621. The second-order valence-electron chi connectivity index (χ2n) is 10.9. The van der Waals surface area contributed by atoms with Crippen molar-refractivity contribution in [1.29, 1.82) is 0 Å². The van der Waals surface area contributed by atoms with Gasteiger partial charge >= 0.3 is 0 Å². The summed E-state index contributed by atoms with van der Waals surface area (Å²) in [4.78, 5) is 9.89. The average Bonchev–Trinajstić information content (AvgIpc) is 3.20. The number of nitrogens with one attached hydrogen (secondary N) is 1. The molecule has 2 fully saturated rings. The maximum atomic E-state index is 6.43. The van der Waals surface area contributed by atoms with E-state index < -0.39 is 0 Å². The largest absolute Gasteiger partial charge is 0.496 e. The second-order valence-corrected chi connectivity index (χ2v) is 11.3. The molecular weight excluding hydrogens is 472 g/mol. The quantitative estimate of drug-likeness (QED) is 0.393. The Labute approximate surface area is 222 Å². The van der Waals surface area contributed by atoms with Gasteiger partial charge in [-0.2, -0.15) is 0 Å². The highest BCUT2D eigenvalue weighted by atomic mass is 35.5. The third kappa shape index (κ3) is 6.84. The fourth-order valence-corrected chi connectivity index (χ4v) is 6.13. The molecule has 4 rings (SSSR count). The Morgan fingerprint density at radius 1 is 1.19 bits per heavy atom. The number of methoxy groups -OCH3 is 1. The molecule has 36 heavy (non-hydrogen) atoms. The number of rotatable bonds is 10. The SMILES string of the molecule is C=C(NCCCN1C[C@H](C)C[C@H](C)C1)C1CCN(Cc2nc(-c3c(Cl)cccc3OC)oc2C)CC1. The van der Waals surface area contributed by atoms with Gasteiger partial charge in [0.1, 0.15) is 11.5 Å². The molecule has 2 atom stereocenters. The van der Waals surface area contributed by atoms with Crippen molar-refractivity contribution in [2.45, 2.75) is 53.0 Å². The highest BCUT2D eigenvalue weighted by Crippen LogP contribution is 2.37. The Kier molecular flexibility index (Phi) is 9.37. The first kappa shape index (κ1) is 27.0. The second kappa shape index (κ2) is 12.5. The van der Waals surface area contributed by atoms with Crippen LogP contribution in [0.25, 0.3) is 11.5 Å². The minimum atomic E-state index is 0.519. The summed E-state index contributed by atoms with van der Waals surface area (Å²) in [5.74, 6) is 4.21.